The maximum Gasteiger partial charge on any atom is 0.348 e. The molecule has 2 N–H and O–H groups in total. The molecule has 6 heteroatoms. The van der Waals surface area contributed by atoms with Gasteiger partial charge in [-0.3, -0.25) is 9.79 Å². The number of rotatable bonds is 3. The second-order valence-corrected chi connectivity index (χ2v) is 4.47. The minimum absolute atomic E-state index is 0.149. The van der Waals surface area contributed by atoms with Gasteiger partial charge in [-0.1, -0.05) is 6.07 Å². The molecule has 0 bridgehead atoms. The molecule has 0 aliphatic heterocycles. The number of fused-ring (bicyclic) bond motifs is 1. The summed E-state index contributed by atoms with van der Waals surface area (Å²) in [4.78, 5) is 25.8. The molecule has 104 valence electrons. The molecule has 0 fully saturated rings. The van der Waals surface area contributed by atoms with Gasteiger partial charge in [0, 0.05) is 6.21 Å². The van der Waals surface area contributed by atoms with E-state index >= 15 is 0 Å². The molecule has 0 saturated carbocycles. The minimum Gasteiger partial charge on any atom is -0.506 e. The predicted molar refractivity (Wildman–Crippen MR) is 73.7 cm³/mol. The molecular weight excluding hydrogens is 262 g/mol. The smallest absolute Gasteiger partial charge is 0.348 e. The Morgan fingerprint density at radius 1 is 1.40 bits per heavy atom. The zero-order chi connectivity index (χ0) is 14.9. The van der Waals surface area contributed by atoms with E-state index in [1.165, 1.54) is 0 Å². The van der Waals surface area contributed by atoms with Crippen molar-refractivity contribution in [1.29, 1.82) is 0 Å². The van der Waals surface area contributed by atoms with Gasteiger partial charge in [-0.15, -0.1) is 0 Å². The van der Waals surface area contributed by atoms with Crippen molar-refractivity contribution in [2.45, 2.75) is 13.8 Å². The van der Waals surface area contributed by atoms with Gasteiger partial charge in [0.1, 0.15) is 23.4 Å². The van der Waals surface area contributed by atoms with Gasteiger partial charge in [0.2, 0.25) is 0 Å². The van der Waals surface area contributed by atoms with Crippen LogP contribution in [0.25, 0.3) is 11.0 Å². The summed E-state index contributed by atoms with van der Waals surface area (Å²) >= 11 is 0. The highest BCUT2D eigenvalue weighted by Crippen LogP contribution is 2.28. The number of aliphatic imine (C=N–C) groups is 1. The molecule has 0 saturated heterocycles. The second kappa shape index (κ2) is 5.16. The van der Waals surface area contributed by atoms with Gasteiger partial charge in [0.25, 0.3) is 0 Å². The van der Waals surface area contributed by atoms with Gasteiger partial charge in [0.05, 0.1) is 5.39 Å². The molecule has 1 heterocycles. The third-order valence-electron chi connectivity index (χ3n) is 2.79. The van der Waals surface area contributed by atoms with Crippen molar-refractivity contribution in [3.05, 3.63) is 39.2 Å². The molecule has 0 atom stereocenters. The zero-order valence-electron chi connectivity index (χ0n) is 11.0. The van der Waals surface area contributed by atoms with E-state index in [1.807, 2.05) is 13.0 Å². The molecule has 1 aromatic carbocycles. The van der Waals surface area contributed by atoms with E-state index in [-0.39, 0.29) is 11.3 Å². The summed E-state index contributed by atoms with van der Waals surface area (Å²) in [6, 6.07) is 3.53. The number of hydrogen-bond donors (Lipinski definition) is 2. The number of aliphatic carboxylic acids is 1. The number of hydrogen-bond acceptors (Lipinski definition) is 5. The Bertz CT molecular complexity index is 773. The van der Waals surface area contributed by atoms with Gasteiger partial charge in [-0.25, -0.2) is 4.79 Å². The lowest BCUT2D eigenvalue weighted by Gasteiger charge is -2.06. The molecule has 2 rings (SSSR count). The Hall–Kier alpha value is -2.63. The van der Waals surface area contributed by atoms with E-state index in [0.717, 1.165) is 17.3 Å². The summed E-state index contributed by atoms with van der Waals surface area (Å²) in [6.45, 7) is 3.15. The monoisotopic (exact) mass is 275 g/mol. The first kappa shape index (κ1) is 13.8. The fourth-order valence-corrected chi connectivity index (χ4v) is 1.98. The van der Waals surface area contributed by atoms with Crippen LogP contribution in [-0.4, -0.2) is 28.9 Å². The summed E-state index contributed by atoms with van der Waals surface area (Å²) < 4.78 is 5.16. The number of benzene rings is 1. The first-order valence-corrected chi connectivity index (χ1v) is 5.89. The molecule has 0 amide bonds. The van der Waals surface area contributed by atoms with Crippen LogP contribution in [0.4, 0.5) is 0 Å². The van der Waals surface area contributed by atoms with Crippen LogP contribution in [0.2, 0.25) is 0 Å². The normalized spacial score (nSPS) is 11.3. The van der Waals surface area contributed by atoms with Crippen molar-refractivity contribution in [2.24, 2.45) is 4.99 Å². The largest absolute Gasteiger partial charge is 0.506 e. The lowest BCUT2D eigenvalue weighted by atomic mass is 10.1. The van der Waals surface area contributed by atoms with Gasteiger partial charge < -0.3 is 14.6 Å². The molecule has 0 unspecified atom stereocenters. The van der Waals surface area contributed by atoms with Crippen LogP contribution in [-0.2, 0) is 4.79 Å². The predicted octanol–water partition coefficient (Wildman–Crippen LogP) is 1.62. The van der Waals surface area contributed by atoms with E-state index in [9.17, 15) is 14.7 Å². The van der Waals surface area contributed by atoms with E-state index in [2.05, 4.69) is 4.99 Å². The highest BCUT2D eigenvalue weighted by Gasteiger charge is 2.14. The summed E-state index contributed by atoms with van der Waals surface area (Å²) in [6.07, 6.45) is 1.02. The lowest BCUT2D eigenvalue weighted by molar-refractivity contribution is -0.135. The molecule has 0 radical (unpaired) electrons. The Kier molecular flexibility index (Phi) is 3.56. The first-order chi connectivity index (χ1) is 9.40. The van der Waals surface area contributed by atoms with Crippen LogP contribution in [0.3, 0.4) is 0 Å². The van der Waals surface area contributed by atoms with E-state index in [4.69, 9.17) is 9.52 Å². The van der Waals surface area contributed by atoms with Crippen molar-refractivity contribution in [3.63, 3.8) is 0 Å². The van der Waals surface area contributed by atoms with Crippen LogP contribution in [0.1, 0.15) is 16.7 Å². The van der Waals surface area contributed by atoms with E-state index in [0.29, 0.717) is 11.0 Å². The fourth-order valence-electron chi connectivity index (χ4n) is 1.98. The third kappa shape index (κ3) is 2.54. The number of carboxylic acids is 1. The summed E-state index contributed by atoms with van der Waals surface area (Å²) in [5.74, 6) is -1.38. The zero-order valence-corrected chi connectivity index (χ0v) is 11.0. The van der Waals surface area contributed by atoms with Crippen molar-refractivity contribution >= 4 is 23.2 Å². The number of aromatic hydroxyl groups is 1. The molecule has 0 spiro atoms. The highest BCUT2D eigenvalue weighted by molar-refractivity contribution is 5.95. The summed E-state index contributed by atoms with van der Waals surface area (Å²) in [5, 5.41) is 19.0. The van der Waals surface area contributed by atoms with Gasteiger partial charge in [-0.2, -0.15) is 0 Å². The maximum atomic E-state index is 11.8. The summed E-state index contributed by atoms with van der Waals surface area (Å²) in [5.41, 5.74) is 1.06. The van der Waals surface area contributed by atoms with Crippen LogP contribution < -0.4 is 5.63 Å². The number of nitrogens with zero attached hydrogens (tertiary/aromatic N) is 1. The van der Waals surface area contributed by atoms with Gasteiger partial charge >= 0.3 is 11.6 Å². The Morgan fingerprint density at radius 3 is 2.75 bits per heavy atom. The number of carboxylic acid groups (broad SMARTS) is 1. The lowest BCUT2D eigenvalue weighted by Crippen LogP contribution is -2.09. The molecule has 2 aromatic rings. The van der Waals surface area contributed by atoms with Gasteiger partial charge in [0.15, 0.2) is 0 Å². The van der Waals surface area contributed by atoms with Crippen molar-refractivity contribution in [3.8, 4) is 5.75 Å². The van der Waals surface area contributed by atoms with Crippen molar-refractivity contribution < 1.29 is 19.4 Å². The number of carbonyl (C=O) groups is 1. The Labute approximate surface area is 114 Å². The first-order valence-electron chi connectivity index (χ1n) is 5.89. The highest BCUT2D eigenvalue weighted by atomic mass is 16.4. The molecular formula is C14H13NO5. The van der Waals surface area contributed by atoms with E-state index in [1.54, 1.807) is 13.0 Å². The minimum atomic E-state index is -1.13. The quantitative estimate of drug-likeness (QED) is 0.655. The molecule has 6 nitrogen and oxygen atoms in total. The fraction of sp³-hybridized carbons (Fsp3) is 0.214. The standard InChI is InChI=1S/C14H13NO5/c1-7-3-8(2)13-9(4-7)12(18)10(14(19)20-13)5-15-6-11(16)17/h3-5,18H,6H2,1-2H3,(H,16,17). The van der Waals surface area contributed by atoms with Crippen LogP contribution in [0, 0.1) is 13.8 Å². The van der Waals surface area contributed by atoms with Crippen molar-refractivity contribution in [1.82, 2.24) is 0 Å². The van der Waals surface area contributed by atoms with Crippen molar-refractivity contribution in [2.75, 3.05) is 6.54 Å². The SMILES string of the molecule is Cc1cc(C)c2oc(=O)c(C=NCC(=O)O)c(O)c2c1. The molecule has 20 heavy (non-hydrogen) atoms. The van der Waals surface area contributed by atoms with E-state index < -0.39 is 18.1 Å². The molecule has 0 aliphatic carbocycles. The Balaban J connectivity index is 2.65. The van der Waals surface area contributed by atoms with Gasteiger partial charge in [-0.05, 0) is 31.0 Å². The maximum absolute atomic E-state index is 11.8. The molecule has 1 aromatic heterocycles. The number of aryl methyl sites for hydroxylation is 2. The average molecular weight is 275 g/mol. The van der Waals surface area contributed by atoms with Crippen LogP contribution >= 0.6 is 0 Å². The third-order valence-corrected chi connectivity index (χ3v) is 2.79. The second-order valence-electron chi connectivity index (χ2n) is 4.47. The summed E-state index contributed by atoms with van der Waals surface area (Å²) in [7, 11) is 0. The topological polar surface area (TPSA) is 100 Å². The molecule has 0 aliphatic rings. The van der Waals surface area contributed by atoms with Crippen LogP contribution in [0.5, 0.6) is 5.75 Å². The Morgan fingerprint density at radius 2 is 2.10 bits per heavy atom. The van der Waals surface area contributed by atoms with Crippen LogP contribution in [0.15, 0.2) is 26.3 Å². The average Bonchev–Trinajstić information content (AvgIpc) is 2.35.